The Kier molecular flexibility index (Phi) is 6.12. The highest BCUT2D eigenvalue weighted by molar-refractivity contribution is 7.91. The average molecular weight is 426 g/mol. The van der Waals surface area contributed by atoms with Crippen molar-refractivity contribution in [3.05, 3.63) is 53.6 Å². The maximum Gasteiger partial charge on any atom is 0.307 e. The van der Waals surface area contributed by atoms with E-state index in [0.717, 1.165) is 12.1 Å². The Morgan fingerprint density at radius 3 is 2.48 bits per heavy atom. The molecule has 0 aromatic heterocycles. The number of halogens is 2. The van der Waals surface area contributed by atoms with Gasteiger partial charge in [0.2, 0.25) is 5.78 Å². The molecule has 1 heterocycles. The van der Waals surface area contributed by atoms with Crippen molar-refractivity contribution in [2.45, 2.75) is 11.3 Å². The summed E-state index contributed by atoms with van der Waals surface area (Å²) < 4.78 is 66.8. The number of carbonyl (C=O) groups excluding carboxylic acids is 2. The molecule has 1 aliphatic rings. The second-order valence-corrected chi connectivity index (χ2v) is 8.19. The quantitative estimate of drug-likeness (QED) is 0.495. The summed E-state index contributed by atoms with van der Waals surface area (Å²) in [6.45, 7) is -0.171. The third-order valence-corrected chi connectivity index (χ3v) is 5.75. The molecule has 2 aromatic carbocycles. The minimum absolute atomic E-state index is 0.0486. The van der Waals surface area contributed by atoms with Gasteiger partial charge in [-0.15, -0.1) is 0 Å². The Balaban J connectivity index is 1.56. The van der Waals surface area contributed by atoms with Gasteiger partial charge in [0.25, 0.3) is 0 Å². The molecule has 0 amide bonds. The summed E-state index contributed by atoms with van der Waals surface area (Å²) in [4.78, 5) is 23.6. The van der Waals surface area contributed by atoms with Crippen molar-refractivity contribution in [1.82, 2.24) is 0 Å². The van der Waals surface area contributed by atoms with Crippen LogP contribution in [0, 0.1) is 11.6 Å². The van der Waals surface area contributed by atoms with Gasteiger partial charge in [-0.1, -0.05) is 0 Å². The predicted octanol–water partition coefficient (Wildman–Crippen LogP) is 2.33. The molecule has 7 nitrogen and oxygen atoms in total. The lowest BCUT2D eigenvalue weighted by Gasteiger charge is -2.18. The second-order valence-electron chi connectivity index (χ2n) is 6.08. The van der Waals surface area contributed by atoms with Crippen LogP contribution in [0.2, 0.25) is 0 Å². The molecule has 0 saturated heterocycles. The topological polar surface area (TPSA) is 96.0 Å². The molecule has 0 N–H and O–H groups in total. The number of Topliss-reactive ketones (excluding diaryl/α,β-unsaturated/α-hetero) is 1. The van der Waals surface area contributed by atoms with Crippen molar-refractivity contribution < 1.29 is 41.0 Å². The first kappa shape index (κ1) is 20.7. The van der Waals surface area contributed by atoms with E-state index >= 15 is 0 Å². The van der Waals surface area contributed by atoms with Crippen molar-refractivity contribution in [2.75, 3.05) is 25.6 Å². The monoisotopic (exact) mass is 426 g/mol. The maximum atomic E-state index is 13.5. The van der Waals surface area contributed by atoms with Crippen LogP contribution in [0.15, 0.2) is 41.3 Å². The van der Waals surface area contributed by atoms with E-state index in [9.17, 15) is 26.8 Å². The van der Waals surface area contributed by atoms with Gasteiger partial charge < -0.3 is 14.2 Å². The number of hydrogen-bond acceptors (Lipinski definition) is 7. The first-order valence-corrected chi connectivity index (χ1v) is 10.2. The zero-order valence-corrected chi connectivity index (χ0v) is 15.8. The van der Waals surface area contributed by atoms with Gasteiger partial charge >= 0.3 is 5.97 Å². The molecule has 0 atom stereocenters. The summed E-state index contributed by atoms with van der Waals surface area (Å²) in [6.07, 6.45) is -0.518. The van der Waals surface area contributed by atoms with Gasteiger partial charge in [-0.2, -0.15) is 0 Å². The number of fused-ring (bicyclic) bond motifs is 1. The molecule has 1 aliphatic heterocycles. The predicted molar refractivity (Wildman–Crippen MR) is 95.7 cm³/mol. The van der Waals surface area contributed by atoms with E-state index in [2.05, 4.69) is 4.74 Å². The standard InChI is InChI=1S/C19H16F2O7S/c20-12-1-3-15(21)14(9-12)16(22)11-28-19(23)5-8-29(24,25)13-2-4-17-18(10-13)27-7-6-26-17/h1-4,9-10H,5-8,11H2. The summed E-state index contributed by atoms with van der Waals surface area (Å²) in [5, 5.41) is 0. The lowest BCUT2D eigenvalue weighted by Crippen LogP contribution is -2.19. The van der Waals surface area contributed by atoms with Gasteiger partial charge in [-0.3, -0.25) is 9.59 Å². The lowest BCUT2D eigenvalue weighted by molar-refractivity contribution is -0.142. The van der Waals surface area contributed by atoms with Gasteiger partial charge in [-0.05, 0) is 30.3 Å². The highest BCUT2D eigenvalue weighted by Gasteiger charge is 2.22. The molecule has 154 valence electrons. The molecule has 2 aromatic rings. The third-order valence-electron chi connectivity index (χ3n) is 4.04. The average Bonchev–Trinajstić information content (AvgIpc) is 2.72. The zero-order chi connectivity index (χ0) is 21.0. The van der Waals surface area contributed by atoms with Crippen molar-refractivity contribution in [3.63, 3.8) is 0 Å². The van der Waals surface area contributed by atoms with Crippen LogP contribution >= 0.6 is 0 Å². The first-order chi connectivity index (χ1) is 13.8. The maximum absolute atomic E-state index is 13.5. The Labute approximate surface area is 165 Å². The summed E-state index contributed by atoms with van der Waals surface area (Å²) >= 11 is 0. The Morgan fingerprint density at radius 1 is 1.00 bits per heavy atom. The molecule has 0 unspecified atom stereocenters. The summed E-state index contributed by atoms with van der Waals surface area (Å²) in [6, 6.07) is 6.44. The number of ketones is 1. The van der Waals surface area contributed by atoms with E-state index in [4.69, 9.17) is 9.47 Å². The molecule has 0 radical (unpaired) electrons. The van der Waals surface area contributed by atoms with Gasteiger partial charge in [0.05, 0.1) is 22.6 Å². The minimum atomic E-state index is -3.82. The molecule has 0 aliphatic carbocycles. The van der Waals surface area contributed by atoms with Gasteiger partial charge in [-0.25, -0.2) is 17.2 Å². The molecule has 0 bridgehead atoms. The summed E-state index contributed by atoms with van der Waals surface area (Å²) in [5.74, 6) is -3.50. The summed E-state index contributed by atoms with van der Waals surface area (Å²) in [5.41, 5.74) is -0.554. The van der Waals surface area contributed by atoms with Crippen LogP contribution in [-0.2, 0) is 19.4 Å². The smallest absolute Gasteiger partial charge is 0.307 e. The van der Waals surface area contributed by atoms with Crippen LogP contribution in [-0.4, -0.2) is 45.7 Å². The largest absolute Gasteiger partial charge is 0.486 e. The number of sulfone groups is 1. The van der Waals surface area contributed by atoms with E-state index in [-0.39, 0.29) is 4.90 Å². The number of ether oxygens (including phenoxy) is 3. The highest BCUT2D eigenvalue weighted by Crippen LogP contribution is 2.32. The van der Waals surface area contributed by atoms with E-state index in [1.165, 1.54) is 18.2 Å². The molecule has 10 heteroatoms. The van der Waals surface area contributed by atoms with E-state index in [0.29, 0.717) is 30.8 Å². The number of esters is 1. The SMILES string of the molecule is O=C(CCS(=O)(=O)c1ccc2c(c1)OCCO2)OCC(=O)c1cc(F)ccc1F. The lowest BCUT2D eigenvalue weighted by atomic mass is 10.1. The van der Waals surface area contributed by atoms with Crippen LogP contribution in [0.3, 0.4) is 0 Å². The van der Waals surface area contributed by atoms with Crippen LogP contribution in [0.5, 0.6) is 11.5 Å². The van der Waals surface area contributed by atoms with Crippen LogP contribution in [0.4, 0.5) is 8.78 Å². The van der Waals surface area contributed by atoms with Crippen molar-refractivity contribution in [2.24, 2.45) is 0 Å². The normalized spacial score (nSPS) is 13.0. The first-order valence-electron chi connectivity index (χ1n) is 8.52. The Morgan fingerprint density at radius 2 is 1.72 bits per heavy atom. The molecule has 0 fully saturated rings. The fraction of sp³-hybridized carbons (Fsp3) is 0.263. The van der Waals surface area contributed by atoms with E-state index in [1.807, 2.05) is 0 Å². The Bertz CT molecular complexity index is 1050. The molecule has 0 saturated carbocycles. The number of rotatable bonds is 7. The second kappa shape index (κ2) is 8.56. The fourth-order valence-corrected chi connectivity index (χ4v) is 3.79. The number of benzene rings is 2. The van der Waals surface area contributed by atoms with Gasteiger partial charge in [0.1, 0.15) is 24.8 Å². The minimum Gasteiger partial charge on any atom is -0.486 e. The third kappa shape index (κ3) is 5.08. The van der Waals surface area contributed by atoms with Crippen LogP contribution in [0.25, 0.3) is 0 Å². The Hall–Kier alpha value is -3.01. The molecule has 0 spiro atoms. The van der Waals surface area contributed by atoms with E-state index < -0.39 is 57.6 Å². The van der Waals surface area contributed by atoms with Crippen LogP contribution in [0.1, 0.15) is 16.8 Å². The zero-order valence-electron chi connectivity index (χ0n) is 15.0. The molecule has 3 rings (SSSR count). The van der Waals surface area contributed by atoms with Crippen LogP contribution < -0.4 is 9.47 Å². The highest BCUT2D eigenvalue weighted by atomic mass is 32.2. The molecule has 29 heavy (non-hydrogen) atoms. The molecular weight excluding hydrogens is 410 g/mol. The van der Waals surface area contributed by atoms with E-state index in [1.54, 1.807) is 0 Å². The van der Waals surface area contributed by atoms with Crippen molar-refractivity contribution in [1.29, 1.82) is 0 Å². The fourth-order valence-electron chi connectivity index (χ4n) is 2.56. The summed E-state index contributed by atoms with van der Waals surface area (Å²) in [7, 11) is -3.82. The van der Waals surface area contributed by atoms with Crippen molar-refractivity contribution in [3.8, 4) is 11.5 Å². The van der Waals surface area contributed by atoms with Crippen molar-refractivity contribution >= 4 is 21.6 Å². The molecular formula is C19H16F2O7S. The van der Waals surface area contributed by atoms with Gasteiger partial charge in [0, 0.05) is 6.07 Å². The van der Waals surface area contributed by atoms with Gasteiger partial charge in [0.15, 0.2) is 27.9 Å². The number of carbonyl (C=O) groups is 2. The number of hydrogen-bond donors (Lipinski definition) is 0.